The minimum atomic E-state index is 0.279. The van der Waals surface area contributed by atoms with Gasteiger partial charge in [-0.15, -0.1) is 0 Å². The molecule has 0 atom stereocenters. The average molecular weight is 375 g/mol. The first-order valence-corrected chi connectivity index (χ1v) is 9.56. The minimum absolute atomic E-state index is 0.279. The molecule has 138 valence electrons. The zero-order chi connectivity index (χ0) is 19.4. The van der Waals surface area contributed by atoms with Gasteiger partial charge in [0.05, 0.1) is 22.2 Å². The second-order valence-corrected chi connectivity index (χ2v) is 7.20. The Morgan fingerprint density at radius 1 is 0.690 bits per heavy atom. The van der Waals surface area contributed by atoms with E-state index in [0.29, 0.717) is 0 Å². The molecule has 4 aromatic carbocycles. The Morgan fingerprint density at radius 3 is 2.24 bits per heavy atom. The van der Waals surface area contributed by atoms with E-state index in [1.807, 2.05) is 60.7 Å². The average Bonchev–Trinajstić information content (AvgIpc) is 3.14. The lowest BCUT2D eigenvalue weighted by Crippen LogP contribution is -1.96. The first-order valence-electron chi connectivity index (χ1n) is 9.56. The maximum Gasteiger partial charge on any atom is 0.123 e. The van der Waals surface area contributed by atoms with Gasteiger partial charge in [-0.05, 0) is 24.3 Å². The summed E-state index contributed by atoms with van der Waals surface area (Å²) in [5.74, 6) is 0.279. The van der Waals surface area contributed by atoms with Crippen LogP contribution in [0, 0.1) is 0 Å². The van der Waals surface area contributed by atoms with E-state index in [1.165, 1.54) is 0 Å². The summed E-state index contributed by atoms with van der Waals surface area (Å²) in [6.45, 7) is 0. The molecule has 4 nitrogen and oxygen atoms in total. The fraction of sp³-hybridized carbons (Fsp3) is 0. The molecule has 3 N–H and O–H groups in total. The molecule has 4 heteroatoms. The molecule has 0 aliphatic carbocycles. The van der Waals surface area contributed by atoms with Crippen molar-refractivity contribution >= 4 is 55.0 Å². The summed E-state index contributed by atoms with van der Waals surface area (Å²) in [4.78, 5) is 8.48. The highest BCUT2D eigenvalue weighted by Crippen LogP contribution is 2.38. The molecule has 2 aromatic heterocycles. The second-order valence-electron chi connectivity index (χ2n) is 7.20. The number of pyridine rings is 1. The summed E-state index contributed by atoms with van der Waals surface area (Å²) in [5.41, 5.74) is 5.85. The number of anilines is 2. The molecule has 6 rings (SSSR count). The van der Waals surface area contributed by atoms with Crippen LogP contribution >= 0.6 is 0 Å². The lowest BCUT2D eigenvalue weighted by Gasteiger charge is -2.14. The molecule has 0 aliphatic heterocycles. The van der Waals surface area contributed by atoms with Crippen LogP contribution in [-0.2, 0) is 0 Å². The highest BCUT2D eigenvalue weighted by Gasteiger charge is 2.15. The van der Waals surface area contributed by atoms with Gasteiger partial charge in [0.15, 0.2) is 0 Å². The molecule has 0 spiro atoms. The molecular weight excluding hydrogens is 358 g/mol. The molecule has 0 saturated carbocycles. The Morgan fingerprint density at radius 2 is 1.38 bits per heavy atom. The van der Waals surface area contributed by atoms with Crippen molar-refractivity contribution in [1.82, 2.24) is 9.97 Å². The fourth-order valence-corrected chi connectivity index (χ4v) is 4.12. The summed E-state index contributed by atoms with van der Waals surface area (Å²) in [5, 5.41) is 17.8. The molecule has 0 bridgehead atoms. The standard InChI is InChI=1S/C25H17N3O/c29-22-14-13-21(15-7-1-2-8-16(15)22)27-24-17-9-3-5-11-19(17)26-23-18-10-4-6-12-20(18)28-25(23)24/h1-14,28-29H,(H,26,27). The van der Waals surface area contributed by atoms with Crippen LogP contribution in [0.25, 0.3) is 43.6 Å². The number of benzene rings is 4. The zero-order valence-corrected chi connectivity index (χ0v) is 15.5. The van der Waals surface area contributed by atoms with Crippen LogP contribution in [0.1, 0.15) is 0 Å². The van der Waals surface area contributed by atoms with E-state index in [2.05, 4.69) is 28.5 Å². The topological polar surface area (TPSA) is 60.9 Å². The lowest BCUT2D eigenvalue weighted by molar-refractivity contribution is 0.481. The maximum atomic E-state index is 10.3. The Labute approximate surface area is 166 Å². The summed E-state index contributed by atoms with van der Waals surface area (Å²) in [7, 11) is 0. The molecule has 0 aliphatic rings. The molecule has 0 saturated heterocycles. The number of aromatic nitrogens is 2. The van der Waals surface area contributed by atoms with Gasteiger partial charge in [-0.1, -0.05) is 60.7 Å². The monoisotopic (exact) mass is 375 g/mol. The molecule has 0 unspecified atom stereocenters. The number of phenolic OH excluding ortho intramolecular Hbond substituents is 1. The third-order valence-corrected chi connectivity index (χ3v) is 5.50. The van der Waals surface area contributed by atoms with Crippen LogP contribution < -0.4 is 5.32 Å². The Balaban J connectivity index is 1.69. The van der Waals surface area contributed by atoms with Gasteiger partial charge in [0.2, 0.25) is 0 Å². The van der Waals surface area contributed by atoms with Gasteiger partial charge in [-0.25, -0.2) is 4.98 Å². The van der Waals surface area contributed by atoms with Gasteiger partial charge in [0.25, 0.3) is 0 Å². The van der Waals surface area contributed by atoms with Gasteiger partial charge in [-0.3, -0.25) is 0 Å². The van der Waals surface area contributed by atoms with Crippen molar-refractivity contribution in [3.8, 4) is 5.75 Å². The lowest BCUT2D eigenvalue weighted by atomic mass is 10.1. The molecule has 2 heterocycles. The van der Waals surface area contributed by atoms with Gasteiger partial charge in [-0.2, -0.15) is 0 Å². The van der Waals surface area contributed by atoms with Crippen LogP contribution in [0.3, 0.4) is 0 Å². The van der Waals surface area contributed by atoms with E-state index in [4.69, 9.17) is 4.98 Å². The normalized spacial score (nSPS) is 11.6. The third kappa shape index (κ3) is 2.36. The van der Waals surface area contributed by atoms with Crippen LogP contribution in [-0.4, -0.2) is 15.1 Å². The highest BCUT2D eigenvalue weighted by molar-refractivity contribution is 6.17. The van der Waals surface area contributed by atoms with E-state index >= 15 is 0 Å². The first-order chi connectivity index (χ1) is 14.3. The summed E-state index contributed by atoms with van der Waals surface area (Å²) in [6, 6.07) is 27.9. The van der Waals surface area contributed by atoms with Gasteiger partial charge < -0.3 is 15.4 Å². The minimum Gasteiger partial charge on any atom is -0.507 e. The third-order valence-electron chi connectivity index (χ3n) is 5.50. The number of aromatic amines is 1. The van der Waals surface area contributed by atoms with Crippen molar-refractivity contribution in [2.24, 2.45) is 0 Å². The largest absolute Gasteiger partial charge is 0.507 e. The van der Waals surface area contributed by atoms with Crippen molar-refractivity contribution in [3.63, 3.8) is 0 Å². The Kier molecular flexibility index (Phi) is 3.29. The van der Waals surface area contributed by atoms with Crippen LogP contribution in [0.4, 0.5) is 11.4 Å². The second kappa shape index (κ2) is 5.97. The summed E-state index contributed by atoms with van der Waals surface area (Å²) in [6.07, 6.45) is 0. The molecule has 0 radical (unpaired) electrons. The smallest absolute Gasteiger partial charge is 0.123 e. The number of fused-ring (bicyclic) bond motifs is 5. The first kappa shape index (κ1) is 16.0. The molecular formula is C25H17N3O. The maximum absolute atomic E-state index is 10.3. The van der Waals surface area contributed by atoms with Gasteiger partial charge in [0.1, 0.15) is 5.75 Å². The highest BCUT2D eigenvalue weighted by atomic mass is 16.3. The zero-order valence-electron chi connectivity index (χ0n) is 15.5. The molecule has 0 amide bonds. The number of phenols is 1. The van der Waals surface area contributed by atoms with E-state index < -0.39 is 0 Å². The van der Waals surface area contributed by atoms with Crippen LogP contribution in [0.2, 0.25) is 0 Å². The van der Waals surface area contributed by atoms with Crippen molar-refractivity contribution in [1.29, 1.82) is 0 Å². The molecule has 6 aromatic rings. The van der Waals surface area contributed by atoms with Crippen molar-refractivity contribution < 1.29 is 5.11 Å². The van der Waals surface area contributed by atoms with Gasteiger partial charge >= 0.3 is 0 Å². The van der Waals surface area contributed by atoms with Crippen LogP contribution in [0.15, 0.2) is 84.9 Å². The Bertz CT molecular complexity index is 1550. The number of nitrogens with one attached hydrogen (secondary N) is 2. The predicted molar refractivity (Wildman–Crippen MR) is 120 cm³/mol. The van der Waals surface area contributed by atoms with Crippen LogP contribution in [0.5, 0.6) is 5.75 Å². The van der Waals surface area contributed by atoms with E-state index in [1.54, 1.807) is 6.07 Å². The number of para-hydroxylation sites is 2. The predicted octanol–water partition coefficient (Wildman–Crippen LogP) is 6.47. The Hall–Kier alpha value is -4.05. The number of aromatic hydroxyl groups is 1. The van der Waals surface area contributed by atoms with E-state index in [-0.39, 0.29) is 5.75 Å². The number of rotatable bonds is 2. The van der Waals surface area contributed by atoms with Gasteiger partial charge in [0, 0.05) is 32.7 Å². The number of nitrogens with zero attached hydrogens (tertiary/aromatic N) is 1. The summed E-state index contributed by atoms with van der Waals surface area (Å²) >= 11 is 0. The number of hydrogen-bond acceptors (Lipinski definition) is 3. The number of hydrogen-bond donors (Lipinski definition) is 3. The van der Waals surface area contributed by atoms with Crippen molar-refractivity contribution in [2.45, 2.75) is 0 Å². The van der Waals surface area contributed by atoms with E-state index in [0.717, 1.165) is 55.0 Å². The quantitative estimate of drug-likeness (QED) is 0.304. The number of H-pyrrole nitrogens is 1. The molecule has 0 fully saturated rings. The van der Waals surface area contributed by atoms with Crippen molar-refractivity contribution in [2.75, 3.05) is 5.32 Å². The van der Waals surface area contributed by atoms with E-state index in [9.17, 15) is 5.11 Å². The summed E-state index contributed by atoms with van der Waals surface area (Å²) < 4.78 is 0. The van der Waals surface area contributed by atoms with Crippen molar-refractivity contribution in [3.05, 3.63) is 84.9 Å². The fourth-order valence-electron chi connectivity index (χ4n) is 4.12. The molecule has 29 heavy (non-hydrogen) atoms. The SMILES string of the molecule is Oc1ccc(Nc2c3ccccc3nc3c2[nH]c2ccccc23)c2ccccc12.